The number of carbonyl (C=O) groups is 1. The van der Waals surface area contributed by atoms with Crippen molar-refractivity contribution in [3.63, 3.8) is 0 Å². The summed E-state index contributed by atoms with van der Waals surface area (Å²) >= 11 is 0. The smallest absolute Gasteiger partial charge is 0.234 e. The maximum absolute atomic E-state index is 11.8. The van der Waals surface area contributed by atoms with E-state index in [4.69, 9.17) is 5.73 Å². The average Bonchev–Trinajstić information content (AvgIpc) is 2.44. The summed E-state index contributed by atoms with van der Waals surface area (Å²) in [6.07, 6.45) is 7.42. The van der Waals surface area contributed by atoms with Gasteiger partial charge in [-0.3, -0.25) is 9.69 Å². The first-order valence-corrected chi connectivity index (χ1v) is 6.81. The standard InChI is InChI=1S/C13H27N3O/c1-11(14)9-16(2)10-13(17)15-12-7-5-3-4-6-8-12/h11-12H,3-10,14H2,1-2H3,(H,15,17). The van der Waals surface area contributed by atoms with Gasteiger partial charge in [-0.15, -0.1) is 0 Å². The van der Waals surface area contributed by atoms with Crippen molar-refractivity contribution in [2.24, 2.45) is 5.73 Å². The lowest BCUT2D eigenvalue weighted by Gasteiger charge is -2.21. The van der Waals surface area contributed by atoms with Gasteiger partial charge in [0.25, 0.3) is 0 Å². The van der Waals surface area contributed by atoms with E-state index in [0.29, 0.717) is 12.6 Å². The predicted molar refractivity (Wildman–Crippen MR) is 70.8 cm³/mol. The molecule has 0 bridgehead atoms. The third-order valence-corrected chi connectivity index (χ3v) is 3.23. The van der Waals surface area contributed by atoms with Crippen LogP contribution in [-0.2, 0) is 4.79 Å². The zero-order chi connectivity index (χ0) is 12.7. The molecule has 1 aliphatic rings. The molecule has 1 atom stereocenters. The van der Waals surface area contributed by atoms with E-state index in [2.05, 4.69) is 5.32 Å². The Morgan fingerprint density at radius 3 is 2.47 bits per heavy atom. The minimum absolute atomic E-state index is 0.116. The van der Waals surface area contributed by atoms with Crippen LogP contribution < -0.4 is 11.1 Å². The first-order valence-electron chi connectivity index (χ1n) is 6.81. The number of hydrogen-bond acceptors (Lipinski definition) is 3. The molecule has 100 valence electrons. The molecular weight excluding hydrogens is 214 g/mol. The van der Waals surface area contributed by atoms with Crippen LogP contribution in [0.3, 0.4) is 0 Å². The van der Waals surface area contributed by atoms with E-state index in [9.17, 15) is 4.79 Å². The number of nitrogens with one attached hydrogen (secondary N) is 1. The van der Waals surface area contributed by atoms with Gasteiger partial charge in [-0.05, 0) is 26.8 Å². The highest BCUT2D eigenvalue weighted by atomic mass is 16.2. The third-order valence-electron chi connectivity index (χ3n) is 3.23. The van der Waals surface area contributed by atoms with Crippen LogP contribution >= 0.6 is 0 Å². The topological polar surface area (TPSA) is 58.4 Å². The van der Waals surface area contributed by atoms with Crippen LogP contribution in [0.4, 0.5) is 0 Å². The molecule has 0 spiro atoms. The van der Waals surface area contributed by atoms with Crippen LogP contribution in [0.15, 0.2) is 0 Å². The zero-order valence-corrected chi connectivity index (χ0v) is 11.2. The molecule has 0 aromatic rings. The summed E-state index contributed by atoms with van der Waals surface area (Å²) in [6, 6.07) is 0.513. The molecule has 0 aliphatic heterocycles. The Bertz CT molecular complexity index is 223. The summed E-state index contributed by atoms with van der Waals surface area (Å²) < 4.78 is 0. The Balaban J connectivity index is 2.23. The number of nitrogens with two attached hydrogens (primary N) is 1. The van der Waals surface area contributed by atoms with Crippen LogP contribution in [-0.4, -0.2) is 43.0 Å². The van der Waals surface area contributed by atoms with Crippen molar-refractivity contribution < 1.29 is 4.79 Å². The Hall–Kier alpha value is -0.610. The largest absolute Gasteiger partial charge is 0.352 e. The van der Waals surface area contributed by atoms with E-state index < -0.39 is 0 Å². The van der Waals surface area contributed by atoms with E-state index in [-0.39, 0.29) is 11.9 Å². The Morgan fingerprint density at radius 2 is 1.94 bits per heavy atom. The summed E-state index contributed by atoms with van der Waals surface area (Å²) in [5.74, 6) is 0.139. The van der Waals surface area contributed by atoms with E-state index in [0.717, 1.165) is 19.4 Å². The van der Waals surface area contributed by atoms with Gasteiger partial charge in [-0.2, -0.15) is 0 Å². The molecule has 4 heteroatoms. The summed E-state index contributed by atoms with van der Waals surface area (Å²) in [7, 11) is 1.94. The van der Waals surface area contributed by atoms with E-state index in [1.165, 1.54) is 25.7 Å². The predicted octanol–water partition coefficient (Wildman–Crippen LogP) is 1.10. The number of carbonyl (C=O) groups excluding carboxylic acids is 1. The molecule has 0 heterocycles. The molecule has 0 aromatic carbocycles. The van der Waals surface area contributed by atoms with Gasteiger partial charge in [-0.25, -0.2) is 0 Å². The van der Waals surface area contributed by atoms with Crippen molar-refractivity contribution >= 4 is 5.91 Å². The van der Waals surface area contributed by atoms with Crippen molar-refractivity contribution in [1.29, 1.82) is 0 Å². The summed E-state index contributed by atoms with van der Waals surface area (Å²) in [5.41, 5.74) is 5.70. The lowest BCUT2D eigenvalue weighted by atomic mass is 10.1. The fourth-order valence-corrected chi connectivity index (χ4v) is 2.50. The molecule has 4 nitrogen and oxygen atoms in total. The van der Waals surface area contributed by atoms with Crippen molar-refractivity contribution in [3.8, 4) is 0 Å². The third kappa shape index (κ3) is 6.64. The van der Waals surface area contributed by atoms with Gasteiger partial charge in [0, 0.05) is 18.6 Å². The van der Waals surface area contributed by atoms with Crippen LogP contribution in [0.5, 0.6) is 0 Å². The van der Waals surface area contributed by atoms with Crippen molar-refractivity contribution in [2.45, 2.75) is 57.5 Å². The molecule has 1 saturated carbocycles. The number of hydrogen-bond donors (Lipinski definition) is 2. The van der Waals surface area contributed by atoms with Crippen LogP contribution in [0.2, 0.25) is 0 Å². The fraction of sp³-hybridized carbons (Fsp3) is 0.923. The molecule has 1 rings (SSSR count). The molecular formula is C13H27N3O. The highest BCUT2D eigenvalue weighted by Crippen LogP contribution is 2.16. The number of nitrogens with zero attached hydrogens (tertiary/aromatic N) is 1. The van der Waals surface area contributed by atoms with E-state index >= 15 is 0 Å². The first kappa shape index (κ1) is 14.5. The number of amides is 1. The Morgan fingerprint density at radius 1 is 1.35 bits per heavy atom. The van der Waals surface area contributed by atoms with Crippen LogP contribution in [0.25, 0.3) is 0 Å². The van der Waals surface area contributed by atoms with Crippen molar-refractivity contribution in [3.05, 3.63) is 0 Å². The second kappa shape index (κ2) is 7.67. The highest BCUT2D eigenvalue weighted by Gasteiger charge is 2.15. The van der Waals surface area contributed by atoms with Gasteiger partial charge in [-0.1, -0.05) is 25.7 Å². The molecule has 17 heavy (non-hydrogen) atoms. The van der Waals surface area contributed by atoms with Gasteiger partial charge in [0.15, 0.2) is 0 Å². The van der Waals surface area contributed by atoms with Crippen molar-refractivity contribution in [1.82, 2.24) is 10.2 Å². The van der Waals surface area contributed by atoms with Gasteiger partial charge < -0.3 is 11.1 Å². The highest BCUT2D eigenvalue weighted by molar-refractivity contribution is 5.78. The molecule has 1 aliphatic carbocycles. The monoisotopic (exact) mass is 241 g/mol. The molecule has 3 N–H and O–H groups in total. The number of likely N-dealkylation sites (N-methyl/N-ethyl adjacent to an activating group) is 1. The summed E-state index contributed by atoms with van der Waals surface area (Å²) in [5, 5.41) is 3.14. The molecule has 0 radical (unpaired) electrons. The fourth-order valence-electron chi connectivity index (χ4n) is 2.50. The van der Waals surface area contributed by atoms with Gasteiger partial charge >= 0.3 is 0 Å². The summed E-state index contributed by atoms with van der Waals surface area (Å²) in [4.78, 5) is 13.8. The lowest BCUT2D eigenvalue weighted by Crippen LogP contribution is -2.43. The quantitative estimate of drug-likeness (QED) is 0.709. The zero-order valence-electron chi connectivity index (χ0n) is 11.2. The second-order valence-corrected chi connectivity index (χ2v) is 5.43. The molecule has 1 unspecified atom stereocenters. The van der Waals surface area contributed by atoms with Gasteiger partial charge in [0.05, 0.1) is 6.54 Å². The molecule has 1 amide bonds. The van der Waals surface area contributed by atoms with Gasteiger partial charge in [0.1, 0.15) is 0 Å². The van der Waals surface area contributed by atoms with Crippen LogP contribution in [0, 0.1) is 0 Å². The minimum atomic E-state index is 0.116. The summed E-state index contributed by atoms with van der Waals surface area (Å²) in [6.45, 7) is 3.18. The Kier molecular flexibility index (Phi) is 6.52. The second-order valence-electron chi connectivity index (χ2n) is 5.43. The maximum Gasteiger partial charge on any atom is 0.234 e. The molecule has 1 fully saturated rings. The van der Waals surface area contributed by atoms with Crippen LogP contribution in [0.1, 0.15) is 45.4 Å². The lowest BCUT2D eigenvalue weighted by molar-refractivity contribution is -0.122. The Labute approximate surface area is 105 Å². The molecule has 0 aromatic heterocycles. The van der Waals surface area contributed by atoms with Crippen molar-refractivity contribution in [2.75, 3.05) is 20.1 Å². The van der Waals surface area contributed by atoms with E-state index in [1.807, 2.05) is 18.9 Å². The maximum atomic E-state index is 11.8. The van der Waals surface area contributed by atoms with E-state index in [1.54, 1.807) is 0 Å². The normalized spacial score (nSPS) is 20.0. The number of rotatable bonds is 5. The molecule has 0 saturated heterocycles. The van der Waals surface area contributed by atoms with Gasteiger partial charge in [0.2, 0.25) is 5.91 Å². The SMILES string of the molecule is CC(N)CN(C)CC(=O)NC1CCCCCC1. The average molecular weight is 241 g/mol. The minimum Gasteiger partial charge on any atom is -0.352 e. The first-order chi connectivity index (χ1) is 8.08.